The van der Waals surface area contributed by atoms with Crippen LogP contribution < -0.4 is 15.0 Å². The molecular formula is C25H16BrCl3N2O3S. The highest BCUT2D eigenvalue weighted by Gasteiger charge is 2.35. The van der Waals surface area contributed by atoms with E-state index in [0.717, 1.165) is 16.0 Å². The summed E-state index contributed by atoms with van der Waals surface area (Å²) in [6, 6.07) is 16.1. The number of nitrogens with one attached hydrogen (secondary N) is 1. The molecule has 0 radical (unpaired) electrons. The molecule has 1 N–H and O–H groups in total. The normalized spacial score (nSPS) is 14.9. The van der Waals surface area contributed by atoms with Gasteiger partial charge in [-0.15, -0.1) is 0 Å². The minimum Gasteiger partial charge on any atom is -0.486 e. The summed E-state index contributed by atoms with van der Waals surface area (Å²) in [4.78, 5) is 27.0. The van der Waals surface area contributed by atoms with Crippen molar-refractivity contribution in [1.29, 1.82) is 0 Å². The molecular weight excluding hydrogens is 595 g/mol. The van der Waals surface area contributed by atoms with Gasteiger partial charge in [0.2, 0.25) is 0 Å². The van der Waals surface area contributed by atoms with Crippen LogP contribution >= 0.6 is 63.0 Å². The van der Waals surface area contributed by atoms with Crippen LogP contribution in [-0.2, 0) is 16.2 Å². The summed E-state index contributed by atoms with van der Waals surface area (Å²) in [5.41, 5.74) is 2.77. The van der Waals surface area contributed by atoms with Crippen LogP contribution in [-0.4, -0.2) is 16.9 Å². The first-order valence-electron chi connectivity index (χ1n) is 10.2. The Labute approximate surface area is 230 Å². The summed E-state index contributed by atoms with van der Waals surface area (Å²) in [7, 11) is 0. The molecule has 0 aromatic heterocycles. The van der Waals surface area contributed by atoms with Gasteiger partial charge in [-0.3, -0.25) is 19.8 Å². The lowest BCUT2D eigenvalue weighted by Gasteiger charge is -2.29. The Kier molecular flexibility index (Phi) is 7.83. The molecule has 0 bridgehead atoms. The van der Waals surface area contributed by atoms with E-state index in [-0.39, 0.29) is 26.4 Å². The van der Waals surface area contributed by atoms with Crippen molar-refractivity contribution in [2.24, 2.45) is 0 Å². The molecule has 0 atom stereocenters. The van der Waals surface area contributed by atoms with Crippen molar-refractivity contribution in [3.05, 3.63) is 96.4 Å². The van der Waals surface area contributed by atoms with E-state index in [4.69, 9.17) is 51.8 Å². The number of carbonyl (C=O) groups excluding carboxylic acids is 2. The van der Waals surface area contributed by atoms with Crippen LogP contribution in [0.3, 0.4) is 0 Å². The van der Waals surface area contributed by atoms with Crippen LogP contribution in [0, 0.1) is 6.92 Å². The number of nitrogens with zero attached hydrogens (tertiary/aromatic N) is 1. The molecule has 1 aliphatic heterocycles. The van der Waals surface area contributed by atoms with E-state index in [1.807, 2.05) is 31.2 Å². The van der Waals surface area contributed by atoms with Crippen molar-refractivity contribution in [1.82, 2.24) is 5.32 Å². The quantitative estimate of drug-likeness (QED) is 0.190. The van der Waals surface area contributed by atoms with Crippen LogP contribution in [0.15, 0.2) is 64.6 Å². The minimum absolute atomic E-state index is 0.0969. The molecule has 1 fully saturated rings. The monoisotopic (exact) mass is 608 g/mol. The Hall–Kier alpha value is -2.42. The van der Waals surface area contributed by atoms with Gasteiger partial charge in [0.15, 0.2) is 10.9 Å². The van der Waals surface area contributed by atoms with Crippen molar-refractivity contribution in [2.45, 2.75) is 13.5 Å². The Morgan fingerprint density at radius 2 is 1.77 bits per heavy atom. The lowest BCUT2D eigenvalue weighted by Crippen LogP contribution is -2.54. The van der Waals surface area contributed by atoms with Crippen LogP contribution in [0.1, 0.15) is 16.7 Å². The zero-order chi connectivity index (χ0) is 25.3. The van der Waals surface area contributed by atoms with Crippen molar-refractivity contribution in [3.8, 4) is 5.75 Å². The zero-order valence-electron chi connectivity index (χ0n) is 18.1. The molecule has 1 heterocycles. The molecule has 0 spiro atoms. The maximum Gasteiger partial charge on any atom is 0.270 e. The number of halogens is 4. The van der Waals surface area contributed by atoms with E-state index in [9.17, 15) is 9.59 Å². The fraction of sp³-hybridized carbons (Fsp3) is 0.0800. The predicted molar refractivity (Wildman–Crippen MR) is 147 cm³/mol. The van der Waals surface area contributed by atoms with Gasteiger partial charge in [-0.1, -0.05) is 70.7 Å². The Morgan fingerprint density at radius 1 is 1.06 bits per heavy atom. The van der Waals surface area contributed by atoms with Crippen molar-refractivity contribution >= 4 is 91.6 Å². The summed E-state index contributed by atoms with van der Waals surface area (Å²) >= 11 is 27.5. The number of hydrogen-bond acceptors (Lipinski definition) is 4. The number of thiocarbonyl (C=S) groups is 1. The molecule has 0 saturated carbocycles. The summed E-state index contributed by atoms with van der Waals surface area (Å²) in [5.74, 6) is -0.835. The molecule has 5 nitrogen and oxygen atoms in total. The summed E-state index contributed by atoms with van der Waals surface area (Å²) < 4.78 is 6.46. The number of hydrogen-bond donors (Lipinski definition) is 1. The van der Waals surface area contributed by atoms with Crippen LogP contribution in [0.2, 0.25) is 15.1 Å². The van der Waals surface area contributed by atoms with Gasteiger partial charge in [-0.2, -0.15) is 0 Å². The summed E-state index contributed by atoms with van der Waals surface area (Å²) in [5, 5.41) is 3.12. The van der Waals surface area contributed by atoms with Crippen molar-refractivity contribution in [3.63, 3.8) is 0 Å². The molecule has 4 rings (SSSR count). The maximum absolute atomic E-state index is 13.3. The van der Waals surface area contributed by atoms with Gasteiger partial charge in [0, 0.05) is 0 Å². The zero-order valence-corrected chi connectivity index (χ0v) is 22.7. The number of rotatable bonds is 5. The van der Waals surface area contributed by atoms with Gasteiger partial charge < -0.3 is 4.74 Å². The standard InChI is InChI=1S/C25H16BrCl3N2O3S/c1-13-5-7-14(8-6-13)12-34-22-17(26)10-15(11-19(22)28)9-16-23(32)30-25(35)31(24(16)33)20-4-2-3-18(27)21(20)29/h2-11H,12H2,1H3,(H,30,32,35)/b16-9+. The predicted octanol–water partition coefficient (Wildman–Crippen LogP) is 7.13. The van der Waals surface area contributed by atoms with Crippen LogP contribution in [0.5, 0.6) is 5.75 Å². The molecule has 178 valence electrons. The van der Waals surface area contributed by atoms with E-state index in [2.05, 4.69) is 21.2 Å². The minimum atomic E-state index is -0.644. The average Bonchev–Trinajstić information content (AvgIpc) is 2.80. The molecule has 1 aliphatic rings. The third-order valence-electron chi connectivity index (χ3n) is 5.11. The largest absolute Gasteiger partial charge is 0.486 e. The molecule has 35 heavy (non-hydrogen) atoms. The molecule has 0 unspecified atom stereocenters. The van der Waals surface area contributed by atoms with Gasteiger partial charge in [0.05, 0.1) is 25.2 Å². The van der Waals surface area contributed by atoms with E-state index in [0.29, 0.717) is 27.4 Å². The second kappa shape index (κ2) is 10.7. The smallest absolute Gasteiger partial charge is 0.270 e. The third kappa shape index (κ3) is 5.55. The number of amides is 2. The number of ether oxygens (including phenoxy) is 1. The first kappa shape index (κ1) is 25.7. The first-order valence-corrected chi connectivity index (χ1v) is 12.5. The molecule has 3 aromatic rings. The second-order valence-electron chi connectivity index (χ2n) is 7.62. The molecule has 3 aromatic carbocycles. The van der Waals surface area contributed by atoms with Gasteiger partial charge in [0.25, 0.3) is 11.8 Å². The molecule has 2 amide bonds. The summed E-state index contributed by atoms with van der Waals surface area (Å²) in [6.45, 7) is 2.34. The first-order chi connectivity index (χ1) is 16.7. The maximum atomic E-state index is 13.3. The molecule has 10 heteroatoms. The fourth-order valence-corrected chi connectivity index (χ4v) is 4.99. The lowest BCUT2D eigenvalue weighted by atomic mass is 10.1. The topological polar surface area (TPSA) is 58.6 Å². The van der Waals surface area contributed by atoms with Crippen molar-refractivity contribution < 1.29 is 14.3 Å². The fourth-order valence-electron chi connectivity index (χ4n) is 3.35. The highest BCUT2D eigenvalue weighted by Crippen LogP contribution is 2.37. The van der Waals surface area contributed by atoms with Gasteiger partial charge in [-0.05, 0) is 76.5 Å². The number of anilines is 1. The average molecular weight is 611 g/mol. The Morgan fingerprint density at radius 3 is 2.46 bits per heavy atom. The molecule has 0 aliphatic carbocycles. The SMILES string of the molecule is Cc1ccc(COc2c(Cl)cc(/C=C3\C(=O)NC(=S)N(c4cccc(Cl)c4Cl)C3=O)cc2Br)cc1. The van der Waals surface area contributed by atoms with E-state index < -0.39 is 11.8 Å². The van der Waals surface area contributed by atoms with Crippen molar-refractivity contribution in [2.75, 3.05) is 4.90 Å². The van der Waals surface area contributed by atoms with E-state index >= 15 is 0 Å². The van der Waals surface area contributed by atoms with Gasteiger partial charge in [-0.25, -0.2) is 0 Å². The van der Waals surface area contributed by atoms with E-state index in [1.54, 1.807) is 30.3 Å². The third-order valence-corrected chi connectivity index (χ3v) is 7.07. The van der Waals surface area contributed by atoms with Crippen LogP contribution in [0.4, 0.5) is 5.69 Å². The number of carbonyl (C=O) groups is 2. The molecule has 1 saturated heterocycles. The Bertz CT molecular complexity index is 1370. The van der Waals surface area contributed by atoms with E-state index in [1.165, 1.54) is 6.08 Å². The lowest BCUT2D eigenvalue weighted by molar-refractivity contribution is -0.122. The van der Waals surface area contributed by atoms with Gasteiger partial charge >= 0.3 is 0 Å². The number of aryl methyl sites for hydroxylation is 1. The van der Waals surface area contributed by atoms with Gasteiger partial charge in [0.1, 0.15) is 12.2 Å². The second-order valence-corrected chi connectivity index (χ2v) is 10.1. The summed E-state index contributed by atoms with van der Waals surface area (Å²) in [6.07, 6.45) is 1.42. The number of benzene rings is 3. The highest BCUT2D eigenvalue weighted by molar-refractivity contribution is 9.10. The van der Waals surface area contributed by atoms with Crippen LogP contribution in [0.25, 0.3) is 6.08 Å². The highest BCUT2D eigenvalue weighted by atomic mass is 79.9. The Balaban J connectivity index is 1.63.